The molecule has 1 heterocycles. The van der Waals surface area contributed by atoms with E-state index in [2.05, 4.69) is 16.0 Å². The molecule has 0 atom stereocenters. The highest BCUT2D eigenvalue weighted by Gasteiger charge is 2.10. The number of nitrogens with zero attached hydrogens (tertiary/aromatic N) is 2. The topological polar surface area (TPSA) is 69.5 Å². The van der Waals surface area contributed by atoms with Crippen molar-refractivity contribution in [2.45, 2.75) is 21.9 Å². The number of aromatic nitrogens is 2. The monoisotopic (exact) mass is 289 g/mol. The Labute approximate surface area is 119 Å². The number of nitriles is 1. The maximum Gasteiger partial charge on any atom is 0.251 e. The lowest BCUT2D eigenvalue weighted by molar-refractivity contribution is 0.905. The number of aromatic amines is 1. The van der Waals surface area contributed by atoms with E-state index in [-0.39, 0.29) is 5.56 Å². The lowest BCUT2D eigenvalue weighted by Gasteiger charge is -2.06. The van der Waals surface area contributed by atoms with Crippen LogP contribution >= 0.6 is 23.5 Å². The van der Waals surface area contributed by atoms with Crippen molar-refractivity contribution in [3.63, 3.8) is 0 Å². The third-order valence-electron chi connectivity index (χ3n) is 2.37. The Morgan fingerprint density at radius 2 is 2.11 bits per heavy atom. The van der Waals surface area contributed by atoms with Crippen LogP contribution in [-0.4, -0.2) is 16.2 Å². The first kappa shape index (κ1) is 13.7. The second-order valence-corrected chi connectivity index (χ2v) is 5.62. The molecule has 0 unspecified atom stereocenters. The van der Waals surface area contributed by atoms with Gasteiger partial charge >= 0.3 is 0 Å². The van der Waals surface area contributed by atoms with Gasteiger partial charge in [-0.15, -0.1) is 11.8 Å². The lowest BCUT2D eigenvalue weighted by Crippen LogP contribution is -2.08. The summed E-state index contributed by atoms with van der Waals surface area (Å²) in [5, 5.41) is 9.75. The molecular weight excluding hydrogens is 278 g/mol. The van der Waals surface area contributed by atoms with Crippen LogP contribution in [0.2, 0.25) is 0 Å². The lowest BCUT2D eigenvalue weighted by atomic mass is 10.2. The number of thioether (sulfide) groups is 1. The summed E-state index contributed by atoms with van der Waals surface area (Å²) in [7, 11) is 0. The molecule has 0 aliphatic rings. The average molecular weight is 289 g/mol. The van der Waals surface area contributed by atoms with Gasteiger partial charge in [-0.05, 0) is 25.3 Å². The van der Waals surface area contributed by atoms with Gasteiger partial charge in [0.25, 0.3) is 5.56 Å². The average Bonchev–Trinajstić information content (AvgIpc) is 2.37. The Kier molecular flexibility index (Phi) is 4.30. The first-order valence-corrected chi connectivity index (χ1v) is 7.51. The predicted octanol–water partition coefficient (Wildman–Crippen LogP) is 2.82. The van der Waals surface area contributed by atoms with Crippen molar-refractivity contribution >= 4 is 23.5 Å². The minimum absolute atomic E-state index is 0.186. The molecule has 4 nitrogen and oxygen atoms in total. The number of H-pyrrole nitrogens is 1. The molecule has 0 aliphatic carbocycles. The molecule has 0 spiro atoms. The van der Waals surface area contributed by atoms with Crippen LogP contribution in [0.1, 0.15) is 11.3 Å². The number of rotatable bonds is 3. The molecule has 0 saturated carbocycles. The van der Waals surface area contributed by atoms with Crippen LogP contribution in [0.4, 0.5) is 0 Å². The second-order valence-electron chi connectivity index (χ2n) is 3.74. The van der Waals surface area contributed by atoms with Crippen molar-refractivity contribution in [3.8, 4) is 6.07 Å². The summed E-state index contributed by atoms with van der Waals surface area (Å²) in [6.45, 7) is 1.77. The molecule has 0 amide bonds. The molecule has 0 bridgehead atoms. The summed E-state index contributed by atoms with van der Waals surface area (Å²) in [6.07, 6.45) is 1.93. The van der Waals surface area contributed by atoms with E-state index >= 15 is 0 Å². The standard InChI is InChI=1S/C13H11N3OS2/c1-8-6-12(17)16-13(15-8)19-11-5-3-4-10(18-2)9(11)7-14/h3-6H,1-2H3,(H,15,16,17). The van der Waals surface area contributed by atoms with Gasteiger partial charge in [0, 0.05) is 21.6 Å². The molecule has 2 rings (SSSR count). The summed E-state index contributed by atoms with van der Waals surface area (Å²) in [5.74, 6) is 0. The summed E-state index contributed by atoms with van der Waals surface area (Å²) >= 11 is 2.82. The summed E-state index contributed by atoms with van der Waals surface area (Å²) in [4.78, 5) is 20.0. The first-order chi connectivity index (χ1) is 9.13. The van der Waals surface area contributed by atoms with Crippen LogP contribution in [0, 0.1) is 18.3 Å². The molecule has 1 aromatic heterocycles. The van der Waals surface area contributed by atoms with E-state index in [0.29, 0.717) is 16.4 Å². The van der Waals surface area contributed by atoms with Gasteiger partial charge in [-0.2, -0.15) is 5.26 Å². The molecule has 0 saturated heterocycles. The minimum atomic E-state index is -0.186. The second kappa shape index (κ2) is 5.95. The molecule has 6 heteroatoms. The summed E-state index contributed by atoms with van der Waals surface area (Å²) < 4.78 is 0. The molecule has 96 valence electrons. The van der Waals surface area contributed by atoms with Gasteiger partial charge in [0.05, 0.1) is 5.56 Å². The zero-order chi connectivity index (χ0) is 13.8. The van der Waals surface area contributed by atoms with Crippen molar-refractivity contribution in [1.82, 2.24) is 9.97 Å². The van der Waals surface area contributed by atoms with Crippen LogP contribution < -0.4 is 5.56 Å². The van der Waals surface area contributed by atoms with Crippen molar-refractivity contribution < 1.29 is 0 Å². The first-order valence-electron chi connectivity index (χ1n) is 5.47. The maximum atomic E-state index is 11.4. The molecule has 0 radical (unpaired) electrons. The van der Waals surface area contributed by atoms with Gasteiger partial charge in [-0.25, -0.2) is 4.98 Å². The number of benzene rings is 1. The van der Waals surface area contributed by atoms with E-state index in [9.17, 15) is 10.1 Å². The minimum Gasteiger partial charge on any atom is -0.301 e. The van der Waals surface area contributed by atoms with Crippen molar-refractivity contribution in [3.05, 3.63) is 45.9 Å². The van der Waals surface area contributed by atoms with Crippen molar-refractivity contribution in [1.29, 1.82) is 5.26 Å². The Bertz CT molecular complexity index is 704. The Morgan fingerprint density at radius 1 is 1.37 bits per heavy atom. The van der Waals surface area contributed by atoms with E-state index in [4.69, 9.17) is 0 Å². The predicted molar refractivity (Wildman–Crippen MR) is 76.7 cm³/mol. The molecular formula is C13H11N3OS2. The van der Waals surface area contributed by atoms with E-state index in [1.807, 2.05) is 24.5 Å². The molecule has 1 aromatic carbocycles. The molecule has 1 N–H and O–H groups in total. The summed E-state index contributed by atoms with van der Waals surface area (Å²) in [5.41, 5.74) is 1.09. The van der Waals surface area contributed by atoms with Gasteiger partial charge in [0.15, 0.2) is 5.16 Å². The molecule has 19 heavy (non-hydrogen) atoms. The normalized spacial score (nSPS) is 10.2. The van der Waals surface area contributed by atoms with Crippen LogP contribution in [0.3, 0.4) is 0 Å². The Hall–Kier alpha value is -1.71. The highest BCUT2D eigenvalue weighted by atomic mass is 32.2. The van der Waals surface area contributed by atoms with Crippen molar-refractivity contribution in [2.24, 2.45) is 0 Å². The van der Waals surface area contributed by atoms with Crippen LogP contribution in [0.5, 0.6) is 0 Å². The maximum absolute atomic E-state index is 11.4. The van der Waals surface area contributed by atoms with E-state index < -0.39 is 0 Å². The zero-order valence-corrected chi connectivity index (χ0v) is 12.1. The van der Waals surface area contributed by atoms with Gasteiger partial charge in [0.1, 0.15) is 6.07 Å². The quantitative estimate of drug-likeness (QED) is 0.695. The Morgan fingerprint density at radius 3 is 2.74 bits per heavy atom. The van der Waals surface area contributed by atoms with E-state index in [0.717, 1.165) is 9.79 Å². The number of hydrogen-bond donors (Lipinski definition) is 1. The van der Waals surface area contributed by atoms with Crippen LogP contribution in [0.25, 0.3) is 0 Å². The number of nitrogens with one attached hydrogen (secondary N) is 1. The van der Waals surface area contributed by atoms with Crippen LogP contribution in [-0.2, 0) is 0 Å². The van der Waals surface area contributed by atoms with E-state index in [1.54, 1.807) is 6.92 Å². The largest absolute Gasteiger partial charge is 0.301 e. The number of aryl methyl sites for hydroxylation is 1. The fourth-order valence-electron chi connectivity index (χ4n) is 1.58. The van der Waals surface area contributed by atoms with Crippen molar-refractivity contribution in [2.75, 3.05) is 6.26 Å². The molecule has 2 aromatic rings. The highest BCUT2D eigenvalue weighted by molar-refractivity contribution is 7.99. The van der Waals surface area contributed by atoms with Gasteiger partial charge < -0.3 is 4.98 Å². The Balaban J connectivity index is 2.44. The SMILES string of the molecule is CSc1cccc(Sc2nc(C)cc(=O)[nH]2)c1C#N. The van der Waals surface area contributed by atoms with E-state index in [1.165, 1.54) is 29.6 Å². The molecule has 0 aliphatic heterocycles. The van der Waals surface area contributed by atoms with Gasteiger partial charge in [-0.1, -0.05) is 17.8 Å². The molecule has 0 fully saturated rings. The summed E-state index contributed by atoms with van der Waals surface area (Å²) in [6, 6.07) is 9.29. The third kappa shape index (κ3) is 3.19. The smallest absolute Gasteiger partial charge is 0.251 e. The number of hydrogen-bond acceptors (Lipinski definition) is 5. The fraction of sp³-hybridized carbons (Fsp3) is 0.154. The van der Waals surface area contributed by atoms with Gasteiger partial charge in [-0.3, -0.25) is 4.79 Å². The highest BCUT2D eigenvalue weighted by Crippen LogP contribution is 2.32. The van der Waals surface area contributed by atoms with Gasteiger partial charge in [0.2, 0.25) is 0 Å². The zero-order valence-electron chi connectivity index (χ0n) is 10.4. The third-order valence-corrected chi connectivity index (χ3v) is 4.10. The fourth-order valence-corrected chi connectivity index (χ4v) is 3.17. The van der Waals surface area contributed by atoms with Crippen LogP contribution in [0.15, 0.2) is 44.0 Å².